The third-order valence-electron chi connectivity index (χ3n) is 6.89. The molecule has 0 aromatic carbocycles. The Kier molecular flexibility index (Phi) is 4.99. The maximum atomic E-state index is 6.09. The zero-order valence-corrected chi connectivity index (χ0v) is 17.0. The molecule has 1 aliphatic carbocycles. The highest BCUT2D eigenvalue weighted by atomic mass is 127. The van der Waals surface area contributed by atoms with E-state index in [1.54, 1.807) is 0 Å². The van der Waals surface area contributed by atoms with Crippen molar-refractivity contribution >= 4 is 29.9 Å². The lowest BCUT2D eigenvalue weighted by atomic mass is 9.82. The van der Waals surface area contributed by atoms with Crippen LogP contribution in [0.25, 0.3) is 0 Å². The summed E-state index contributed by atoms with van der Waals surface area (Å²) in [6.45, 7) is 5.97. The maximum Gasteiger partial charge on any atom is 0.193 e. The standard InChI is InChI=1S/C18H30N4O.HI/c1-19-18(20-8-12-6-7-21(9-12)13-2-3-13)22-10-14-15(11-22)17-5-4-16(14)23-17;/h12-17H,2-11H2,1H3,(H,19,20);1H. The summed E-state index contributed by atoms with van der Waals surface area (Å²) in [6.07, 6.45) is 7.86. The number of hydrogen-bond acceptors (Lipinski definition) is 3. The number of rotatable bonds is 3. The third kappa shape index (κ3) is 3.07. The third-order valence-corrected chi connectivity index (χ3v) is 6.89. The quantitative estimate of drug-likeness (QED) is 0.408. The van der Waals surface area contributed by atoms with Crippen LogP contribution in [0, 0.1) is 17.8 Å². The van der Waals surface area contributed by atoms with Gasteiger partial charge in [-0.15, -0.1) is 24.0 Å². The lowest BCUT2D eigenvalue weighted by molar-refractivity contribution is 0.0767. The lowest BCUT2D eigenvalue weighted by Crippen LogP contribution is -2.43. The van der Waals surface area contributed by atoms with Gasteiger partial charge in [0, 0.05) is 51.1 Å². The van der Waals surface area contributed by atoms with Crippen LogP contribution in [0.1, 0.15) is 32.1 Å². The fraction of sp³-hybridized carbons (Fsp3) is 0.944. The van der Waals surface area contributed by atoms with Crippen LogP contribution in [-0.4, -0.2) is 73.8 Å². The number of aliphatic imine (C=N–C) groups is 1. The van der Waals surface area contributed by atoms with Crippen LogP contribution in [0.4, 0.5) is 0 Å². The molecule has 24 heavy (non-hydrogen) atoms. The van der Waals surface area contributed by atoms with E-state index in [0.29, 0.717) is 12.2 Å². The van der Waals surface area contributed by atoms with E-state index in [1.165, 1.54) is 45.2 Å². The van der Waals surface area contributed by atoms with E-state index >= 15 is 0 Å². The van der Waals surface area contributed by atoms with Gasteiger partial charge in [0.25, 0.3) is 0 Å². The fourth-order valence-corrected chi connectivity index (χ4v) is 5.50. The molecule has 6 heteroatoms. The van der Waals surface area contributed by atoms with Crippen LogP contribution < -0.4 is 5.32 Å². The summed E-state index contributed by atoms with van der Waals surface area (Å²) in [4.78, 5) is 9.77. The molecular weight excluding hydrogens is 415 g/mol. The molecule has 5 aliphatic rings. The summed E-state index contributed by atoms with van der Waals surface area (Å²) < 4.78 is 6.09. The van der Waals surface area contributed by atoms with Crippen LogP contribution in [-0.2, 0) is 4.74 Å². The Morgan fingerprint density at radius 1 is 1.04 bits per heavy atom. The summed E-state index contributed by atoms with van der Waals surface area (Å²) in [6, 6.07) is 0.924. The van der Waals surface area contributed by atoms with Crippen molar-refractivity contribution in [1.82, 2.24) is 15.1 Å². The van der Waals surface area contributed by atoms with Crippen molar-refractivity contribution in [1.29, 1.82) is 0 Å². The van der Waals surface area contributed by atoms with Crippen molar-refractivity contribution in [3.8, 4) is 0 Å². The molecule has 0 aromatic heterocycles. The molecule has 4 heterocycles. The van der Waals surface area contributed by atoms with Crippen molar-refractivity contribution in [2.24, 2.45) is 22.7 Å². The summed E-state index contributed by atoms with van der Waals surface area (Å²) in [5, 5.41) is 3.68. The first-order valence-corrected chi connectivity index (χ1v) is 9.67. The highest BCUT2D eigenvalue weighted by Crippen LogP contribution is 2.47. The van der Waals surface area contributed by atoms with Crippen molar-refractivity contribution in [2.45, 2.75) is 50.4 Å². The number of ether oxygens (including phenoxy) is 1. The first-order chi connectivity index (χ1) is 11.3. The SMILES string of the molecule is CN=C(NCC1CCN(C2CC2)C1)N1CC2C3CCC(O3)C2C1.I. The molecule has 4 aliphatic heterocycles. The molecule has 4 saturated heterocycles. The zero-order chi connectivity index (χ0) is 15.4. The largest absolute Gasteiger partial charge is 0.374 e. The second-order valence-corrected chi connectivity index (χ2v) is 8.33. The van der Waals surface area contributed by atoms with E-state index in [-0.39, 0.29) is 24.0 Å². The number of nitrogens with one attached hydrogen (secondary N) is 1. The fourth-order valence-electron chi connectivity index (χ4n) is 5.50. The van der Waals surface area contributed by atoms with Crippen LogP contribution in [0.3, 0.4) is 0 Å². The molecule has 5 atom stereocenters. The van der Waals surface area contributed by atoms with E-state index in [9.17, 15) is 0 Å². The van der Waals surface area contributed by atoms with Gasteiger partial charge in [0.1, 0.15) is 0 Å². The van der Waals surface area contributed by atoms with Crippen LogP contribution in [0.15, 0.2) is 4.99 Å². The molecule has 0 aromatic rings. The topological polar surface area (TPSA) is 40.1 Å². The minimum absolute atomic E-state index is 0. The Morgan fingerprint density at radius 3 is 2.38 bits per heavy atom. The Labute approximate surface area is 162 Å². The minimum Gasteiger partial charge on any atom is -0.374 e. The summed E-state index contributed by atoms with van der Waals surface area (Å²) in [7, 11) is 1.94. The first kappa shape index (κ1) is 17.3. The van der Waals surface area contributed by atoms with Gasteiger partial charge in [-0.3, -0.25) is 4.99 Å². The lowest BCUT2D eigenvalue weighted by Gasteiger charge is -2.24. The van der Waals surface area contributed by atoms with E-state index < -0.39 is 0 Å². The number of likely N-dealkylation sites (tertiary alicyclic amines) is 2. The van der Waals surface area contributed by atoms with Gasteiger partial charge in [0.15, 0.2) is 5.96 Å². The second-order valence-electron chi connectivity index (χ2n) is 8.33. The highest BCUT2D eigenvalue weighted by Gasteiger charge is 2.53. The second kappa shape index (κ2) is 6.91. The number of nitrogens with zero attached hydrogens (tertiary/aromatic N) is 3. The zero-order valence-electron chi connectivity index (χ0n) is 14.7. The van der Waals surface area contributed by atoms with Crippen LogP contribution >= 0.6 is 24.0 Å². The van der Waals surface area contributed by atoms with E-state index in [0.717, 1.165) is 49.4 Å². The predicted octanol–water partition coefficient (Wildman–Crippen LogP) is 1.77. The van der Waals surface area contributed by atoms with Crippen molar-refractivity contribution in [3.05, 3.63) is 0 Å². The van der Waals surface area contributed by atoms with Gasteiger partial charge in [-0.25, -0.2) is 0 Å². The van der Waals surface area contributed by atoms with Gasteiger partial charge in [0.2, 0.25) is 0 Å². The molecule has 0 spiro atoms. The molecule has 2 bridgehead atoms. The number of halogens is 1. The first-order valence-electron chi connectivity index (χ1n) is 9.67. The van der Waals surface area contributed by atoms with E-state index in [1.807, 2.05) is 7.05 Å². The minimum atomic E-state index is 0. The van der Waals surface area contributed by atoms with Gasteiger partial charge in [0.05, 0.1) is 12.2 Å². The van der Waals surface area contributed by atoms with Crippen LogP contribution in [0.5, 0.6) is 0 Å². The van der Waals surface area contributed by atoms with Gasteiger partial charge < -0.3 is 19.9 Å². The number of guanidine groups is 1. The molecule has 5 fully saturated rings. The number of fused-ring (bicyclic) bond motifs is 5. The molecule has 5 unspecified atom stereocenters. The van der Waals surface area contributed by atoms with Crippen molar-refractivity contribution in [3.63, 3.8) is 0 Å². The molecule has 0 amide bonds. The van der Waals surface area contributed by atoms with Crippen molar-refractivity contribution < 1.29 is 4.74 Å². The Bertz CT molecular complexity index is 479. The van der Waals surface area contributed by atoms with Gasteiger partial charge >= 0.3 is 0 Å². The summed E-state index contributed by atoms with van der Waals surface area (Å²) in [5.41, 5.74) is 0. The van der Waals surface area contributed by atoms with E-state index in [4.69, 9.17) is 4.74 Å². The van der Waals surface area contributed by atoms with Crippen LogP contribution in [0.2, 0.25) is 0 Å². The summed E-state index contributed by atoms with van der Waals surface area (Å²) >= 11 is 0. The molecule has 0 radical (unpaired) electrons. The average Bonchev–Trinajstić information content (AvgIpc) is 3.00. The normalized spacial score (nSPS) is 41.6. The number of hydrogen-bond donors (Lipinski definition) is 1. The van der Waals surface area contributed by atoms with Gasteiger partial charge in [-0.05, 0) is 44.6 Å². The van der Waals surface area contributed by atoms with Gasteiger partial charge in [-0.1, -0.05) is 0 Å². The monoisotopic (exact) mass is 446 g/mol. The molecular formula is C18H31IN4O. The molecule has 1 saturated carbocycles. The Morgan fingerprint density at radius 2 is 1.75 bits per heavy atom. The highest BCUT2D eigenvalue weighted by molar-refractivity contribution is 14.0. The molecule has 5 nitrogen and oxygen atoms in total. The van der Waals surface area contributed by atoms with Crippen molar-refractivity contribution in [2.75, 3.05) is 39.8 Å². The molecule has 136 valence electrons. The smallest absolute Gasteiger partial charge is 0.193 e. The molecule has 1 N–H and O–H groups in total. The maximum absolute atomic E-state index is 6.09. The Balaban J connectivity index is 0.00000146. The summed E-state index contributed by atoms with van der Waals surface area (Å²) in [5.74, 6) is 3.44. The predicted molar refractivity (Wildman–Crippen MR) is 106 cm³/mol. The molecule has 5 rings (SSSR count). The average molecular weight is 446 g/mol. The Hall–Kier alpha value is -0.0800. The van der Waals surface area contributed by atoms with Gasteiger partial charge in [-0.2, -0.15) is 0 Å². The van der Waals surface area contributed by atoms with E-state index in [2.05, 4.69) is 20.1 Å².